The second-order valence-electron chi connectivity index (χ2n) is 6.79. The van der Waals surface area contributed by atoms with Crippen molar-refractivity contribution in [1.82, 2.24) is 4.90 Å². The fourth-order valence-corrected chi connectivity index (χ4v) is 3.88. The van der Waals surface area contributed by atoms with Crippen LogP contribution >= 0.6 is 11.8 Å². The van der Waals surface area contributed by atoms with Gasteiger partial charge < -0.3 is 19.9 Å². The average molecular weight is 414 g/mol. The molecule has 0 unspecified atom stereocenters. The summed E-state index contributed by atoms with van der Waals surface area (Å²) < 4.78 is 5.17. The zero-order valence-corrected chi connectivity index (χ0v) is 17.7. The van der Waals surface area contributed by atoms with Gasteiger partial charge in [-0.15, -0.1) is 11.8 Å². The van der Waals surface area contributed by atoms with Crippen LogP contribution in [0.3, 0.4) is 0 Å². The first-order valence-electron chi connectivity index (χ1n) is 9.78. The molecule has 1 heterocycles. The number of ether oxygens (including phenoxy) is 1. The van der Waals surface area contributed by atoms with Crippen LogP contribution in [-0.2, 0) is 9.53 Å². The van der Waals surface area contributed by atoms with Crippen LogP contribution in [0.15, 0.2) is 53.4 Å². The third-order valence-corrected chi connectivity index (χ3v) is 5.79. The minimum absolute atomic E-state index is 0.317. The molecule has 2 aromatic carbocycles. The number of piperazine rings is 1. The van der Waals surface area contributed by atoms with Crippen molar-refractivity contribution < 1.29 is 14.3 Å². The standard InChI is InChI=1S/C22H27N3O3S/c1-3-24-12-14-25(15-13-24)18-10-8-17(9-11-18)23-21(26)16-28-22(27)19-6-4-5-7-20(19)29-2/h4-11H,3,12-16H2,1-2H3,(H,23,26). The van der Waals surface area contributed by atoms with E-state index in [1.54, 1.807) is 12.1 Å². The van der Waals surface area contributed by atoms with E-state index in [1.807, 2.05) is 42.7 Å². The molecule has 3 rings (SSSR count). The van der Waals surface area contributed by atoms with Crippen molar-refractivity contribution in [3.8, 4) is 0 Å². The first-order chi connectivity index (χ1) is 14.1. The van der Waals surface area contributed by atoms with Gasteiger partial charge in [-0.1, -0.05) is 19.1 Å². The Bertz CT molecular complexity index is 833. The van der Waals surface area contributed by atoms with Gasteiger partial charge >= 0.3 is 5.97 Å². The van der Waals surface area contributed by atoms with Gasteiger partial charge in [-0.25, -0.2) is 4.79 Å². The number of amides is 1. The maximum absolute atomic E-state index is 12.2. The molecule has 7 heteroatoms. The summed E-state index contributed by atoms with van der Waals surface area (Å²) in [5, 5.41) is 2.78. The van der Waals surface area contributed by atoms with Gasteiger partial charge in [0.05, 0.1) is 5.56 Å². The summed E-state index contributed by atoms with van der Waals surface area (Å²) in [6.45, 7) is 7.11. The first kappa shape index (κ1) is 21.2. The number of thioether (sulfide) groups is 1. The quantitative estimate of drug-likeness (QED) is 0.555. The zero-order chi connectivity index (χ0) is 20.6. The van der Waals surface area contributed by atoms with Gasteiger partial charge in [0.15, 0.2) is 6.61 Å². The third-order valence-electron chi connectivity index (χ3n) is 5.00. The van der Waals surface area contributed by atoms with E-state index in [9.17, 15) is 9.59 Å². The number of benzene rings is 2. The fraction of sp³-hybridized carbons (Fsp3) is 0.364. The highest BCUT2D eigenvalue weighted by Gasteiger charge is 2.16. The maximum atomic E-state index is 12.2. The van der Waals surface area contributed by atoms with Crippen LogP contribution in [0, 0.1) is 0 Å². The number of hydrogen-bond donors (Lipinski definition) is 1. The molecule has 154 valence electrons. The molecule has 1 amide bonds. The number of hydrogen-bond acceptors (Lipinski definition) is 6. The van der Waals surface area contributed by atoms with Crippen LogP contribution in [0.1, 0.15) is 17.3 Å². The number of carbonyl (C=O) groups excluding carboxylic acids is 2. The smallest absolute Gasteiger partial charge is 0.339 e. The van der Waals surface area contributed by atoms with Crippen molar-refractivity contribution in [2.24, 2.45) is 0 Å². The van der Waals surface area contributed by atoms with Crippen molar-refractivity contribution >= 4 is 35.0 Å². The normalized spacial score (nSPS) is 14.5. The highest BCUT2D eigenvalue weighted by atomic mass is 32.2. The highest BCUT2D eigenvalue weighted by molar-refractivity contribution is 7.98. The Balaban J connectivity index is 1.49. The number of nitrogens with zero attached hydrogens (tertiary/aromatic N) is 2. The molecule has 1 saturated heterocycles. The minimum Gasteiger partial charge on any atom is -0.452 e. The van der Waals surface area contributed by atoms with Crippen LogP contribution in [-0.4, -0.2) is 62.4 Å². The second-order valence-corrected chi connectivity index (χ2v) is 7.64. The number of nitrogens with one attached hydrogen (secondary N) is 1. The van der Waals surface area contributed by atoms with E-state index in [2.05, 4.69) is 22.0 Å². The van der Waals surface area contributed by atoms with Gasteiger partial charge in [0.2, 0.25) is 0 Å². The maximum Gasteiger partial charge on any atom is 0.339 e. The van der Waals surface area contributed by atoms with Crippen LogP contribution in [0.4, 0.5) is 11.4 Å². The molecular weight excluding hydrogens is 386 g/mol. The Hall–Kier alpha value is -2.51. The molecule has 0 radical (unpaired) electrons. The molecule has 1 aliphatic heterocycles. The average Bonchev–Trinajstić information content (AvgIpc) is 2.78. The Labute approximate surface area is 176 Å². The number of carbonyl (C=O) groups is 2. The Kier molecular flexibility index (Phi) is 7.55. The van der Waals surface area contributed by atoms with Crippen LogP contribution in [0.25, 0.3) is 0 Å². The Morgan fingerprint density at radius 2 is 1.72 bits per heavy atom. The van der Waals surface area contributed by atoms with Crippen LogP contribution < -0.4 is 10.2 Å². The number of esters is 1. The monoisotopic (exact) mass is 413 g/mol. The van der Waals surface area contributed by atoms with E-state index in [4.69, 9.17) is 4.74 Å². The molecule has 0 aromatic heterocycles. The SMILES string of the molecule is CCN1CCN(c2ccc(NC(=O)COC(=O)c3ccccc3SC)cc2)CC1. The first-order valence-corrected chi connectivity index (χ1v) is 11.0. The minimum atomic E-state index is -0.494. The van der Waals surface area contributed by atoms with E-state index in [-0.39, 0.29) is 12.5 Å². The summed E-state index contributed by atoms with van der Waals surface area (Å²) in [6.07, 6.45) is 1.90. The van der Waals surface area contributed by atoms with Crippen molar-refractivity contribution in [1.29, 1.82) is 0 Å². The number of likely N-dealkylation sites (N-methyl/N-ethyl adjacent to an activating group) is 1. The van der Waals surface area contributed by atoms with Crippen LogP contribution in [0.2, 0.25) is 0 Å². The lowest BCUT2D eigenvalue weighted by Crippen LogP contribution is -2.46. The van der Waals surface area contributed by atoms with Crippen molar-refractivity contribution in [2.45, 2.75) is 11.8 Å². The summed E-state index contributed by atoms with van der Waals surface area (Å²) in [6, 6.07) is 15.0. The predicted molar refractivity (Wildman–Crippen MR) is 118 cm³/mol. The number of rotatable bonds is 7. The lowest BCUT2D eigenvalue weighted by Gasteiger charge is -2.35. The molecule has 2 aromatic rings. The topological polar surface area (TPSA) is 61.9 Å². The van der Waals surface area contributed by atoms with Crippen molar-refractivity contribution in [3.63, 3.8) is 0 Å². The van der Waals surface area contributed by atoms with E-state index in [0.717, 1.165) is 43.3 Å². The molecule has 1 N–H and O–H groups in total. The Morgan fingerprint density at radius 1 is 1.03 bits per heavy atom. The third kappa shape index (κ3) is 5.74. The molecular formula is C22H27N3O3S. The highest BCUT2D eigenvalue weighted by Crippen LogP contribution is 2.21. The molecule has 0 aliphatic carbocycles. The fourth-order valence-electron chi connectivity index (χ4n) is 3.30. The molecule has 0 spiro atoms. The molecule has 1 fully saturated rings. The summed E-state index contributed by atoms with van der Waals surface area (Å²) in [4.78, 5) is 30.0. The molecule has 0 atom stereocenters. The summed E-state index contributed by atoms with van der Waals surface area (Å²) >= 11 is 1.47. The van der Waals surface area contributed by atoms with Gasteiger partial charge in [-0.05, 0) is 49.2 Å². The summed E-state index contributed by atoms with van der Waals surface area (Å²) in [5.41, 5.74) is 2.31. The largest absolute Gasteiger partial charge is 0.452 e. The van der Waals surface area contributed by atoms with Gasteiger partial charge in [0, 0.05) is 42.4 Å². The van der Waals surface area contributed by atoms with Gasteiger partial charge in [-0.2, -0.15) is 0 Å². The van der Waals surface area contributed by atoms with E-state index >= 15 is 0 Å². The molecule has 0 bridgehead atoms. The Morgan fingerprint density at radius 3 is 2.38 bits per heavy atom. The number of anilines is 2. The van der Waals surface area contributed by atoms with Crippen molar-refractivity contribution in [3.05, 3.63) is 54.1 Å². The summed E-state index contributed by atoms with van der Waals surface area (Å²) in [5.74, 6) is -0.851. The van der Waals surface area contributed by atoms with Gasteiger partial charge in [-0.3, -0.25) is 4.79 Å². The molecule has 29 heavy (non-hydrogen) atoms. The van der Waals surface area contributed by atoms with Gasteiger partial charge in [0.1, 0.15) is 0 Å². The molecule has 1 aliphatic rings. The van der Waals surface area contributed by atoms with E-state index in [0.29, 0.717) is 11.3 Å². The lowest BCUT2D eigenvalue weighted by atomic mass is 10.2. The van der Waals surface area contributed by atoms with Crippen molar-refractivity contribution in [2.75, 3.05) is 55.8 Å². The van der Waals surface area contributed by atoms with E-state index in [1.165, 1.54) is 11.8 Å². The van der Waals surface area contributed by atoms with Gasteiger partial charge in [0.25, 0.3) is 5.91 Å². The predicted octanol–water partition coefficient (Wildman–Crippen LogP) is 3.35. The zero-order valence-electron chi connectivity index (χ0n) is 16.9. The molecule has 6 nitrogen and oxygen atoms in total. The second kappa shape index (κ2) is 10.3. The van der Waals surface area contributed by atoms with E-state index < -0.39 is 5.97 Å². The lowest BCUT2D eigenvalue weighted by molar-refractivity contribution is -0.119. The summed E-state index contributed by atoms with van der Waals surface area (Å²) in [7, 11) is 0. The van der Waals surface area contributed by atoms with Crippen LogP contribution in [0.5, 0.6) is 0 Å². The molecule has 0 saturated carbocycles.